The van der Waals surface area contributed by atoms with Gasteiger partial charge in [0.05, 0.1) is 12.8 Å². The maximum absolute atomic E-state index is 5.52. The average Bonchev–Trinajstić information content (AvgIpc) is 3.35. The Morgan fingerprint density at radius 2 is 2.17 bits per heavy atom. The number of rotatable bonds is 8. The summed E-state index contributed by atoms with van der Waals surface area (Å²) in [6.07, 6.45) is 4.95. The fourth-order valence-corrected chi connectivity index (χ4v) is 3.70. The normalized spacial score (nSPS) is 17.1. The van der Waals surface area contributed by atoms with Crippen molar-refractivity contribution in [3.8, 4) is 5.75 Å². The van der Waals surface area contributed by atoms with Crippen LogP contribution in [-0.4, -0.2) is 48.3 Å². The number of methoxy groups -OCH3 is 1. The molecular formula is C22H34N6O. The van der Waals surface area contributed by atoms with Gasteiger partial charge in [-0.3, -0.25) is 0 Å². The highest BCUT2D eigenvalue weighted by atomic mass is 16.5. The number of anilines is 1. The van der Waals surface area contributed by atoms with Gasteiger partial charge in [0.1, 0.15) is 18.1 Å². The molecule has 0 amide bonds. The van der Waals surface area contributed by atoms with Crippen LogP contribution >= 0.6 is 0 Å². The minimum Gasteiger partial charge on any atom is -0.495 e. The molecule has 2 aromatic rings. The van der Waals surface area contributed by atoms with Crippen LogP contribution in [-0.2, 0) is 13.1 Å². The molecule has 1 atom stereocenters. The summed E-state index contributed by atoms with van der Waals surface area (Å²) in [6.45, 7) is 10.8. The second kappa shape index (κ2) is 10.2. The van der Waals surface area contributed by atoms with Crippen molar-refractivity contribution in [1.82, 2.24) is 20.2 Å². The zero-order chi connectivity index (χ0) is 20.6. The number of aromatic nitrogens is 2. The summed E-state index contributed by atoms with van der Waals surface area (Å²) >= 11 is 0. The first-order valence-corrected chi connectivity index (χ1v) is 10.5. The summed E-state index contributed by atoms with van der Waals surface area (Å²) in [5.41, 5.74) is 1.15. The van der Waals surface area contributed by atoms with Gasteiger partial charge in [-0.05, 0) is 31.4 Å². The third-order valence-electron chi connectivity index (χ3n) is 5.04. The monoisotopic (exact) mass is 398 g/mol. The van der Waals surface area contributed by atoms with Crippen molar-refractivity contribution in [2.45, 2.75) is 46.3 Å². The third kappa shape index (κ3) is 5.65. The Kier molecular flexibility index (Phi) is 7.38. The van der Waals surface area contributed by atoms with E-state index in [4.69, 9.17) is 9.73 Å². The summed E-state index contributed by atoms with van der Waals surface area (Å²) < 4.78 is 7.71. The number of aliphatic imine (C=N–C) groups is 1. The van der Waals surface area contributed by atoms with Crippen LogP contribution in [0.1, 0.15) is 33.0 Å². The van der Waals surface area contributed by atoms with Crippen LogP contribution in [0.2, 0.25) is 0 Å². The van der Waals surface area contributed by atoms with Gasteiger partial charge in [0.2, 0.25) is 0 Å². The van der Waals surface area contributed by atoms with Crippen LogP contribution in [0.15, 0.2) is 41.7 Å². The molecule has 3 rings (SSSR count). The Morgan fingerprint density at radius 1 is 1.34 bits per heavy atom. The smallest absolute Gasteiger partial charge is 0.191 e. The van der Waals surface area contributed by atoms with Gasteiger partial charge in [-0.15, -0.1) is 0 Å². The Morgan fingerprint density at radius 3 is 2.93 bits per heavy atom. The van der Waals surface area contributed by atoms with E-state index in [1.807, 2.05) is 24.5 Å². The molecule has 158 valence electrons. The van der Waals surface area contributed by atoms with Crippen LogP contribution in [0.4, 0.5) is 5.69 Å². The van der Waals surface area contributed by atoms with E-state index in [1.165, 1.54) is 0 Å². The Bertz CT molecular complexity index is 800. The van der Waals surface area contributed by atoms with E-state index in [1.54, 1.807) is 7.11 Å². The Labute approximate surface area is 174 Å². The fraction of sp³-hybridized carbons (Fsp3) is 0.545. The lowest BCUT2D eigenvalue weighted by atomic mass is 10.2. The Hall–Kier alpha value is -2.70. The molecule has 0 radical (unpaired) electrons. The topological polar surface area (TPSA) is 66.7 Å². The molecule has 1 aromatic heterocycles. The molecule has 1 aliphatic rings. The van der Waals surface area contributed by atoms with Crippen molar-refractivity contribution >= 4 is 11.6 Å². The van der Waals surface area contributed by atoms with E-state index in [2.05, 4.69) is 58.0 Å². The lowest BCUT2D eigenvalue weighted by Gasteiger charge is -2.22. The van der Waals surface area contributed by atoms with E-state index in [0.29, 0.717) is 18.5 Å². The molecule has 1 aliphatic heterocycles. The minimum atomic E-state index is 0.341. The molecule has 2 N–H and O–H groups in total. The van der Waals surface area contributed by atoms with Crippen molar-refractivity contribution in [2.75, 3.05) is 31.6 Å². The van der Waals surface area contributed by atoms with Crippen LogP contribution in [0.5, 0.6) is 5.75 Å². The van der Waals surface area contributed by atoms with Gasteiger partial charge in [-0.1, -0.05) is 26.0 Å². The number of guanidine groups is 1. The zero-order valence-corrected chi connectivity index (χ0v) is 18.1. The number of para-hydroxylation sites is 2. The van der Waals surface area contributed by atoms with Crippen LogP contribution < -0.4 is 20.3 Å². The molecule has 1 saturated heterocycles. The second-order valence-electron chi connectivity index (χ2n) is 7.83. The van der Waals surface area contributed by atoms with E-state index in [-0.39, 0.29) is 0 Å². The molecule has 1 fully saturated rings. The quantitative estimate of drug-likeness (QED) is 0.529. The standard InChI is InChI=1S/C22H34N6O/c1-5-23-22(25-14-21-24-11-13-28(21)15-17(2)3)26-18-10-12-27(16-18)19-8-6-7-9-20(19)29-4/h6-9,11,13,17-18H,5,10,12,14-16H2,1-4H3,(H2,23,25,26). The number of benzene rings is 1. The molecule has 0 bridgehead atoms. The van der Waals surface area contributed by atoms with Gasteiger partial charge < -0.3 is 24.8 Å². The highest BCUT2D eigenvalue weighted by Gasteiger charge is 2.25. The largest absolute Gasteiger partial charge is 0.495 e. The SMILES string of the molecule is CCNC(=NCc1nccn1CC(C)C)NC1CCN(c2ccccc2OC)C1. The molecule has 1 unspecified atom stereocenters. The number of ether oxygens (including phenoxy) is 1. The predicted molar refractivity (Wildman–Crippen MR) is 119 cm³/mol. The van der Waals surface area contributed by atoms with Crippen molar-refractivity contribution in [1.29, 1.82) is 0 Å². The first kappa shape index (κ1) is 21.0. The van der Waals surface area contributed by atoms with Gasteiger partial charge in [-0.2, -0.15) is 0 Å². The van der Waals surface area contributed by atoms with E-state index >= 15 is 0 Å². The van der Waals surface area contributed by atoms with Gasteiger partial charge >= 0.3 is 0 Å². The van der Waals surface area contributed by atoms with Crippen molar-refractivity contribution in [3.05, 3.63) is 42.5 Å². The average molecular weight is 399 g/mol. The highest BCUT2D eigenvalue weighted by Crippen LogP contribution is 2.30. The number of nitrogens with one attached hydrogen (secondary N) is 2. The van der Waals surface area contributed by atoms with Crippen molar-refractivity contribution in [3.63, 3.8) is 0 Å². The van der Waals surface area contributed by atoms with E-state index < -0.39 is 0 Å². The van der Waals surface area contributed by atoms with Gasteiger partial charge in [0.25, 0.3) is 0 Å². The number of hydrogen-bond donors (Lipinski definition) is 2. The molecule has 1 aromatic carbocycles. The summed E-state index contributed by atoms with van der Waals surface area (Å²) in [4.78, 5) is 11.6. The van der Waals surface area contributed by atoms with Crippen molar-refractivity contribution in [2.24, 2.45) is 10.9 Å². The summed E-state index contributed by atoms with van der Waals surface area (Å²) in [6, 6.07) is 8.54. The Balaban J connectivity index is 1.62. The van der Waals surface area contributed by atoms with Gasteiger partial charge in [0, 0.05) is 44.6 Å². The zero-order valence-electron chi connectivity index (χ0n) is 18.1. The number of imidazole rings is 1. The lowest BCUT2D eigenvalue weighted by Crippen LogP contribution is -2.44. The number of nitrogens with zero attached hydrogens (tertiary/aromatic N) is 4. The first-order valence-electron chi connectivity index (χ1n) is 10.5. The summed E-state index contributed by atoms with van der Waals surface area (Å²) in [7, 11) is 1.73. The molecule has 7 nitrogen and oxygen atoms in total. The lowest BCUT2D eigenvalue weighted by molar-refractivity contribution is 0.415. The predicted octanol–water partition coefficient (Wildman–Crippen LogP) is 2.88. The number of hydrogen-bond acceptors (Lipinski definition) is 4. The molecular weight excluding hydrogens is 364 g/mol. The van der Waals surface area contributed by atoms with E-state index in [0.717, 1.165) is 55.8 Å². The van der Waals surface area contributed by atoms with Crippen LogP contribution in [0.25, 0.3) is 0 Å². The second-order valence-corrected chi connectivity index (χ2v) is 7.83. The fourth-order valence-electron chi connectivity index (χ4n) is 3.70. The maximum atomic E-state index is 5.52. The molecule has 0 spiro atoms. The minimum absolute atomic E-state index is 0.341. The van der Waals surface area contributed by atoms with Gasteiger partial charge in [-0.25, -0.2) is 9.98 Å². The third-order valence-corrected chi connectivity index (χ3v) is 5.04. The summed E-state index contributed by atoms with van der Waals surface area (Å²) in [5.74, 6) is 3.35. The maximum Gasteiger partial charge on any atom is 0.191 e. The molecule has 0 saturated carbocycles. The van der Waals surface area contributed by atoms with Gasteiger partial charge in [0.15, 0.2) is 5.96 Å². The summed E-state index contributed by atoms with van der Waals surface area (Å²) in [5, 5.41) is 6.96. The van der Waals surface area contributed by atoms with Crippen molar-refractivity contribution < 1.29 is 4.74 Å². The molecule has 7 heteroatoms. The van der Waals surface area contributed by atoms with E-state index in [9.17, 15) is 0 Å². The first-order chi connectivity index (χ1) is 14.1. The molecule has 29 heavy (non-hydrogen) atoms. The van der Waals surface area contributed by atoms with Crippen LogP contribution in [0, 0.1) is 5.92 Å². The highest BCUT2D eigenvalue weighted by molar-refractivity contribution is 5.80. The molecule has 2 heterocycles. The molecule has 0 aliphatic carbocycles. The van der Waals surface area contributed by atoms with Crippen LogP contribution in [0.3, 0.4) is 0 Å².